The first-order chi connectivity index (χ1) is 24.8. The summed E-state index contributed by atoms with van der Waals surface area (Å²) >= 11 is 0. The zero-order valence-corrected chi connectivity index (χ0v) is 27.3. The van der Waals surface area contributed by atoms with Crippen molar-refractivity contribution in [3.63, 3.8) is 0 Å². The number of rotatable bonds is 8. The standard InChI is InChI=1S/C46H32N4/c1-5-17-33(18-6-1)37-25-13-29-41(47-37)45(42-30-14-26-38(48-42)34-19-7-2-8-20-34)46(43-31-15-27-39(49-43)35-21-9-3-10-22-35)44-32-16-28-40(50-44)36-23-11-4-12-24-36/h1-32H. The van der Waals surface area contributed by atoms with Gasteiger partial charge in [-0.1, -0.05) is 146 Å². The minimum Gasteiger partial charge on any atom is -0.248 e. The smallest absolute Gasteiger partial charge is 0.0738 e. The van der Waals surface area contributed by atoms with E-state index in [-0.39, 0.29) is 0 Å². The quantitative estimate of drug-likeness (QED) is 0.166. The molecule has 0 aliphatic carbocycles. The zero-order valence-electron chi connectivity index (χ0n) is 27.3. The maximum Gasteiger partial charge on any atom is 0.0738 e. The summed E-state index contributed by atoms with van der Waals surface area (Å²) < 4.78 is 0. The molecule has 0 spiro atoms. The van der Waals surface area contributed by atoms with Crippen LogP contribution in [-0.2, 0) is 0 Å². The molecule has 0 N–H and O–H groups in total. The molecule has 4 nitrogen and oxygen atoms in total. The fourth-order valence-electron chi connectivity index (χ4n) is 6.15. The third kappa shape index (κ3) is 6.51. The van der Waals surface area contributed by atoms with Gasteiger partial charge in [-0.3, -0.25) is 0 Å². The first-order valence-corrected chi connectivity index (χ1v) is 16.7. The van der Waals surface area contributed by atoms with Gasteiger partial charge < -0.3 is 0 Å². The van der Waals surface area contributed by atoms with Gasteiger partial charge in [0, 0.05) is 33.4 Å². The average Bonchev–Trinajstić information content (AvgIpc) is 3.21. The average molecular weight is 641 g/mol. The molecular formula is C46H32N4. The highest BCUT2D eigenvalue weighted by atomic mass is 14.8. The molecule has 0 atom stereocenters. The van der Waals surface area contributed by atoms with E-state index in [1.54, 1.807) is 0 Å². The lowest BCUT2D eigenvalue weighted by Gasteiger charge is -2.18. The summed E-state index contributed by atoms with van der Waals surface area (Å²) in [5.41, 5.74) is 12.4. The van der Waals surface area contributed by atoms with Crippen molar-refractivity contribution in [1.82, 2.24) is 19.9 Å². The second-order valence-corrected chi connectivity index (χ2v) is 11.8. The minimum absolute atomic E-state index is 0.776. The van der Waals surface area contributed by atoms with Crippen LogP contribution in [0.15, 0.2) is 194 Å². The number of benzene rings is 4. The Labute approximate surface area is 292 Å². The maximum atomic E-state index is 5.30. The molecule has 0 saturated carbocycles. The Morgan fingerprint density at radius 1 is 0.220 bits per heavy atom. The largest absolute Gasteiger partial charge is 0.248 e. The van der Waals surface area contributed by atoms with Crippen molar-refractivity contribution in [3.8, 4) is 45.0 Å². The number of hydrogen-bond acceptors (Lipinski definition) is 4. The van der Waals surface area contributed by atoms with Crippen molar-refractivity contribution >= 4 is 11.1 Å². The fraction of sp³-hybridized carbons (Fsp3) is 0. The van der Waals surface area contributed by atoms with Crippen LogP contribution >= 0.6 is 0 Å². The maximum absolute atomic E-state index is 5.30. The SMILES string of the molecule is c1ccc(-c2cccc(C(=C(c3cccc(-c4ccccc4)n3)c3cccc(-c4ccccc4)n3)c3cccc(-c4ccccc4)n3)n2)cc1. The van der Waals surface area contributed by atoms with Gasteiger partial charge in [0.15, 0.2) is 0 Å². The highest BCUT2D eigenvalue weighted by Crippen LogP contribution is 2.37. The first kappa shape index (κ1) is 30.5. The molecule has 0 saturated heterocycles. The van der Waals surface area contributed by atoms with Crippen molar-refractivity contribution in [2.24, 2.45) is 0 Å². The summed E-state index contributed by atoms with van der Waals surface area (Å²) in [6.45, 7) is 0. The lowest BCUT2D eigenvalue weighted by Crippen LogP contribution is -2.05. The lowest BCUT2D eigenvalue weighted by molar-refractivity contribution is 1.19. The fourth-order valence-corrected chi connectivity index (χ4v) is 6.15. The van der Waals surface area contributed by atoms with Gasteiger partial charge in [-0.25, -0.2) is 19.9 Å². The van der Waals surface area contributed by atoms with Crippen LogP contribution in [0.4, 0.5) is 0 Å². The van der Waals surface area contributed by atoms with E-state index >= 15 is 0 Å². The Balaban J connectivity index is 1.44. The van der Waals surface area contributed by atoms with Crippen LogP contribution in [0.25, 0.3) is 56.2 Å². The van der Waals surface area contributed by atoms with Crippen molar-refractivity contribution in [3.05, 3.63) is 217 Å². The lowest BCUT2D eigenvalue weighted by atomic mass is 9.93. The first-order valence-electron chi connectivity index (χ1n) is 16.7. The van der Waals surface area contributed by atoms with Gasteiger partial charge in [0.05, 0.1) is 45.6 Å². The van der Waals surface area contributed by atoms with Crippen LogP contribution in [0.1, 0.15) is 22.8 Å². The zero-order chi connectivity index (χ0) is 33.5. The van der Waals surface area contributed by atoms with Crippen molar-refractivity contribution in [1.29, 1.82) is 0 Å². The Morgan fingerprint density at radius 2 is 0.440 bits per heavy atom. The van der Waals surface area contributed by atoms with Crippen LogP contribution in [0.2, 0.25) is 0 Å². The Hall–Kier alpha value is -6.78. The molecule has 0 radical (unpaired) electrons. The van der Waals surface area contributed by atoms with Gasteiger partial charge in [-0.05, 0) is 48.5 Å². The van der Waals surface area contributed by atoms with Gasteiger partial charge >= 0.3 is 0 Å². The second-order valence-electron chi connectivity index (χ2n) is 11.8. The number of hydrogen-bond donors (Lipinski definition) is 0. The molecular weight excluding hydrogens is 609 g/mol. The normalized spacial score (nSPS) is 10.8. The summed E-state index contributed by atoms with van der Waals surface area (Å²) in [6, 6.07) is 65.7. The predicted molar refractivity (Wildman–Crippen MR) is 204 cm³/mol. The van der Waals surface area contributed by atoms with Crippen LogP contribution in [-0.4, -0.2) is 19.9 Å². The molecule has 50 heavy (non-hydrogen) atoms. The van der Waals surface area contributed by atoms with E-state index in [0.717, 1.165) is 79.0 Å². The third-order valence-electron chi connectivity index (χ3n) is 8.55. The molecule has 4 aromatic carbocycles. The summed E-state index contributed by atoms with van der Waals surface area (Å²) in [7, 11) is 0. The minimum atomic E-state index is 0.776. The molecule has 8 rings (SSSR count). The molecule has 0 unspecified atom stereocenters. The highest BCUT2D eigenvalue weighted by molar-refractivity contribution is 6.02. The highest BCUT2D eigenvalue weighted by Gasteiger charge is 2.22. The van der Waals surface area contributed by atoms with E-state index < -0.39 is 0 Å². The molecule has 4 heteroatoms. The molecule has 0 bridgehead atoms. The molecule has 4 aromatic heterocycles. The van der Waals surface area contributed by atoms with E-state index in [4.69, 9.17) is 19.9 Å². The van der Waals surface area contributed by atoms with Crippen LogP contribution in [0.3, 0.4) is 0 Å². The van der Waals surface area contributed by atoms with Crippen LogP contribution < -0.4 is 0 Å². The number of nitrogens with zero attached hydrogens (tertiary/aromatic N) is 4. The van der Waals surface area contributed by atoms with Crippen LogP contribution in [0.5, 0.6) is 0 Å². The second kappa shape index (κ2) is 14.1. The monoisotopic (exact) mass is 640 g/mol. The summed E-state index contributed by atoms with van der Waals surface area (Å²) in [6.07, 6.45) is 0. The van der Waals surface area contributed by atoms with Gasteiger partial charge in [0.1, 0.15) is 0 Å². The molecule has 0 aliphatic heterocycles. The van der Waals surface area contributed by atoms with Gasteiger partial charge in [-0.15, -0.1) is 0 Å². The Bertz CT molecular complexity index is 2060. The van der Waals surface area contributed by atoms with E-state index in [2.05, 4.69) is 97.1 Å². The topological polar surface area (TPSA) is 51.6 Å². The Kier molecular flexibility index (Phi) is 8.64. The van der Waals surface area contributed by atoms with E-state index in [1.165, 1.54) is 0 Å². The van der Waals surface area contributed by atoms with Crippen molar-refractivity contribution < 1.29 is 0 Å². The van der Waals surface area contributed by atoms with Gasteiger partial charge in [0.25, 0.3) is 0 Å². The molecule has 8 aromatic rings. The number of aromatic nitrogens is 4. The van der Waals surface area contributed by atoms with Crippen LogP contribution in [0, 0.1) is 0 Å². The van der Waals surface area contributed by atoms with E-state index in [9.17, 15) is 0 Å². The van der Waals surface area contributed by atoms with Gasteiger partial charge in [-0.2, -0.15) is 0 Å². The molecule has 236 valence electrons. The van der Waals surface area contributed by atoms with Crippen molar-refractivity contribution in [2.75, 3.05) is 0 Å². The molecule has 0 fully saturated rings. The molecule has 0 aliphatic rings. The number of pyridine rings is 4. The summed E-state index contributed by atoms with van der Waals surface area (Å²) in [5, 5.41) is 0. The molecule has 4 heterocycles. The van der Waals surface area contributed by atoms with Crippen molar-refractivity contribution in [2.45, 2.75) is 0 Å². The van der Waals surface area contributed by atoms with E-state index in [0.29, 0.717) is 0 Å². The molecule has 0 amide bonds. The predicted octanol–water partition coefficient (Wildman–Crippen LogP) is 10.9. The van der Waals surface area contributed by atoms with E-state index in [1.807, 2.05) is 97.1 Å². The third-order valence-corrected chi connectivity index (χ3v) is 8.55. The summed E-state index contributed by atoms with van der Waals surface area (Å²) in [4.78, 5) is 21.2. The Morgan fingerprint density at radius 3 is 0.660 bits per heavy atom. The van der Waals surface area contributed by atoms with Gasteiger partial charge in [0.2, 0.25) is 0 Å². The summed E-state index contributed by atoms with van der Waals surface area (Å²) in [5.74, 6) is 0.